The van der Waals surface area contributed by atoms with E-state index in [4.69, 9.17) is 9.16 Å². The second kappa shape index (κ2) is 9.84. The molecule has 0 amide bonds. The van der Waals surface area contributed by atoms with Crippen LogP contribution in [0.25, 0.3) is 5.57 Å². The normalized spacial score (nSPS) is 14.8. The lowest BCUT2D eigenvalue weighted by molar-refractivity contribution is -0.170. The van der Waals surface area contributed by atoms with Crippen LogP contribution in [0.3, 0.4) is 0 Å². The van der Waals surface area contributed by atoms with E-state index in [-0.39, 0.29) is 17.2 Å². The molecule has 2 rings (SSSR count). The van der Waals surface area contributed by atoms with E-state index in [9.17, 15) is 14.7 Å². The molecule has 0 aliphatic carbocycles. The molecular weight excluding hydrogens is 420 g/mol. The molecule has 6 heteroatoms. The number of carbonyl (C=O) groups excluding carboxylic acids is 1. The number of rotatable bonds is 9. The smallest absolute Gasteiger partial charge is 0.343 e. The molecule has 0 aliphatic rings. The zero-order chi connectivity index (χ0) is 24.2. The van der Waals surface area contributed by atoms with Crippen LogP contribution in [0.15, 0.2) is 67.2 Å². The zero-order valence-corrected chi connectivity index (χ0v) is 20.8. The number of carbonyl (C=O) groups is 2. The first-order chi connectivity index (χ1) is 14.8. The Labute approximate surface area is 192 Å². The third-order valence-corrected chi connectivity index (χ3v) is 10.7. The van der Waals surface area contributed by atoms with Gasteiger partial charge in [-0.2, -0.15) is 0 Å². The van der Waals surface area contributed by atoms with Crippen LogP contribution in [-0.2, 0) is 25.4 Å². The van der Waals surface area contributed by atoms with Gasteiger partial charge in [-0.05, 0) is 41.8 Å². The lowest BCUT2D eigenvalue weighted by atomic mass is 9.79. The Hall–Kier alpha value is -2.70. The molecule has 0 heterocycles. The van der Waals surface area contributed by atoms with Crippen molar-refractivity contribution in [1.82, 2.24) is 0 Å². The summed E-state index contributed by atoms with van der Waals surface area (Å²) in [4.78, 5) is 26.0. The Morgan fingerprint density at radius 3 is 1.97 bits per heavy atom. The molecule has 32 heavy (non-hydrogen) atoms. The predicted octanol–water partition coefficient (Wildman–Crippen LogP) is 5.92. The minimum Gasteiger partial charge on any atom is -0.481 e. The highest BCUT2D eigenvalue weighted by atomic mass is 28.4. The Morgan fingerprint density at radius 2 is 1.50 bits per heavy atom. The van der Waals surface area contributed by atoms with Gasteiger partial charge in [0.15, 0.2) is 13.9 Å². The Balaban J connectivity index is 2.62. The molecule has 1 N–H and O–H groups in total. The fourth-order valence-corrected chi connectivity index (χ4v) is 4.66. The number of carboxylic acid groups (broad SMARTS) is 1. The van der Waals surface area contributed by atoms with Gasteiger partial charge in [0.05, 0.1) is 5.92 Å². The summed E-state index contributed by atoms with van der Waals surface area (Å²) >= 11 is 0. The summed E-state index contributed by atoms with van der Waals surface area (Å²) in [5.41, 5.74) is -0.146. The van der Waals surface area contributed by atoms with E-state index >= 15 is 0 Å². The highest BCUT2D eigenvalue weighted by Gasteiger charge is 2.57. The van der Waals surface area contributed by atoms with Crippen LogP contribution in [0.4, 0.5) is 0 Å². The van der Waals surface area contributed by atoms with Crippen molar-refractivity contribution in [3.8, 4) is 0 Å². The Kier molecular flexibility index (Phi) is 7.86. The van der Waals surface area contributed by atoms with Crippen LogP contribution in [-0.4, -0.2) is 31.0 Å². The fraction of sp³-hybridized carbons (Fsp3) is 0.385. The van der Waals surface area contributed by atoms with Crippen LogP contribution in [0, 0.1) is 5.92 Å². The van der Waals surface area contributed by atoms with Gasteiger partial charge in [-0.15, -0.1) is 0 Å². The number of benzene rings is 2. The van der Waals surface area contributed by atoms with Gasteiger partial charge in [-0.3, -0.25) is 4.79 Å². The molecule has 172 valence electrons. The van der Waals surface area contributed by atoms with Crippen LogP contribution in [0.5, 0.6) is 0 Å². The van der Waals surface area contributed by atoms with Crippen molar-refractivity contribution in [2.24, 2.45) is 5.92 Å². The standard InChI is InChI=1S/C26H34O5Si/c1-19(22-16-12-9-13-17-22)26(20(2)23(27)28,31-32(6,7)25(3,4)5)24(29)30-18-21-14-10-8-11-15-21/h8-17,20H,1,18H2,2-7H3,(H,27,28)/t20-,26-/m1/s1. The average molecular weight is 455 g/mol. The maximum Gasteiger partial charge on any atom is 0.343 e. The van der Waals surface area contributed by atoms with Crippen molar-refractivity contribution in [2.45, 2.75) is 58.0 Å². The zero-order valence-electron chi connectivity index (χ0n) is 19.8. The van der Waals surface area contributed by atoms with Gasteiger partial charge < -0.3 is 14.3 Å². The molecule has 5 nitrogen and oxygen atoms in total. The maximum absolute atomic E-state index is 13.8. The molecule has 2 atom stereocenters. The topological polar surface area (TPSA) is 72.8 Å². The number of hydrogen-bond acceptors (Lipinski definition) is 4. The third-order valence-electron chi connectivity index (χ3n) is 6.29. The quantitative estimate of drug-likeness (QED) is 0.376. The minimum atomic E-state index is -2.64. The summed E-state index contributed by atoms with van der Waals surface area (Å²) in [5.74, 6) is -3.11. The van der Waals surface area contributed by atoms with E-state index in [1.54, 1.807) is 12.1 Å². The van der Waals surface area contributed by atoms with E-state index in [1.165, 1.54) is 6.92 Å². The van der Waals surface area contributed by atoms with Crippen molar-refractivity contribution in [1.29, 1.82) is 0 Å². The summed E-state index contributed by atoms with van der Waals surface area (Å²) in [6.07, 6.45) is 0. The molecule has 0 spiro atoms. The monoisotopic (exact) mass is 454 g/mol. The maximum atomic E-state index is 13.8. The van der Waals surface area contributed by atoms with Crippen molar-refractivity contribution >= 4 is 25.8 Å². The molecule has 0 fully saturated rings. The van der Waals surface area contributed by atoms with Crippen molar-refractivity contribution in [3.63, 3.8) is 0 Å². The first-order valence-electron chi connectivity index (χ1n) is 10.7. The van der Waals surface area contributed by atoms with Crippen LogP contribution >= 0.6 is 0 Å². The molecule has 0 aliphatic heterocycles. The van der Waals surface area contributed by atoms with Gasteiger partial charge in [0.2, 0.25) is 0 Å². The Morgan fingerprint density at radius 1 is 1.00 bits per heavy atom. The lowest BCUT2D eigenvalue weighted by Crippen LogP contribution is -2.59. The molecule has 0 saturated heterocycles. The van der Waals surface area contributed by atoms with E-state index in [2.05, 4.69) is 6.58 Å². The van der Waals surface area contributed by atoms with Crippen LogP contribution < -0.4 is 0 Å². The van der Waals surface area contributed by atoms with E-state index in [0.717, 1.165) is 5.56 Å². The lowest BCUT2D eigenvalue weighted by Gasteiger charge is -2.46. The summed E-state index contributed by atoms with van der Waals surface area (Å²) in [6.45, 7) is 15.7. The first-order valence-corrected chi connectivity index (χ1v) is 13.6. The average Bonchev–Trinajstić information content (AvgIpc) is 2.75. The van der Waals surface area contributed by atoms with Gasteiger partial charge >= 0.3 is 11.9 Å². The number of aliphatic carboxylic acids is 1. The summed E-state index contributed by atoms with van der Waals surface area (Å²) in [6, 6.07) is 18.3. The van der Waals surface area contributed by atoms with Crippen molar-refractivity contribution in [2.75, 3.05) is 0 Å². The number of carboxylic acids is 1. The molecular formula is C26H34O5Si. The molecule has 0 unspecified atom stereocenters. The molecule has 0 aromatic heterocycles. The second-order valence-corrected chi connectivity index (χ2v) is 14.3. The van der Waals surface area contributed by atoms with Crippen molar-refractivity contribution < 1.29 is 23.9 Å². The predicted molar refractivity (Wildman–Crippen MR) is 130 cm³/mol. The fourth-order valence-electron chi connectivity index (χ4n) is 3.17. The van der Waals surface area contributed by atoms with Crippen molar-refractivity contribution in [3.05, 3.63) is 78.4 Å². The summed E-state index contributed by atoms with van der Waals surface area (Å²) < 4.78 is 12.4. The molecule has 2 aromatic rings. The van der Waals surface area contributed by atoms with Gasteiger partial charge in [-0.25, -0.2) is 4.79 Å². The van der Waals surface area contributed by atoms with Gasteiger partial charge in [0, 0.05) is 0 Å². The highest BCUT2D eigenvalue weighted by molar-refractivity contribution is 6.74. The van der Waals surface area contributed by atoms with Crippen LogP contribution in [0.1, 0.15) is 38.8 Å². The summed E-state index contributed by atoms with van der Waals surface area (Å²) in [5, 5.41) is 9.76. The third kappa shape index (κ3) is 5.37. The minimum absolute atomic E-state index is 0.0106. The number of esters is 1. The number of ether oxygens (including phenoxy) is 1. The number of hydrogen-bond donors (Lipinski definition) is 1. The second-order valence-electron chi connectivity index (χ2n) is 9.56. The SMILES string of the molecule is C=C(c1ccccc1)[C@](O[Si](C)(C)C(C)(C)C)(C(=O)OCc1ccccc1)[C@H](C)C(=O)O. The molecule has 0 radical (unpaired) electrons. The molecule has 2 aromatic carbocycles. The van der Waals surface area contributed by atoms with E-state index < -0.39 is 31.8 Å². The largest absolute Gasteiger partial charge is 0.481 e. The van der Waals surface area contributed by atoms with Crippen LogP contribution in [0.2, 0.25) is 18.1 Å². The molecule has 0 bridgehead atoms. The van der Waals surface area contributed by atoms with E-state index in [1.807, 2.05) is 82.4 Å². The van der Waals surface area contributed by atoms with E-state index in [0.29, 0.717) is 5.56 Å². The molecule has 0 saturated carbocycles. The highest BCUT2D eigenvalue weighted by Crippen LogP contribution is 2.46. The van der Waals surface area contributed by atoms with Gasteiger partial charge in [-0.1, -0.05) is 88.0 Å². The Bertz CT molecular complexity index is 947. The summed E-state index contributed by atoms with van der Waals surface area (Å²) in [7, 11) is -2.64. The van der Waals surface area contributed by atoms with Gasteiger partial charge in [0.25, 0.3) is 0 Å². The first kappa shape index (κ1) is 25.6. The van der Waals surface area contributed by atoms with Gasteiger partial charge in [0.1, 0.15) is 6.61 Å².